The first-order chi connectivity index (χ1) is 11.7. The molecule has 1 aliphatic heterocycles. The molecule has 4 heteroatoms. The summed E-state index contributed by atoms with van der Waals surface area (Å²) in [5.41, 5.74) is 4.25. The molecule has 24 heavy (non-hydrogen) atoms. The van der Waals surface area contributed by atoms with Crippen LogP contribution in [0.2, 0.25) is 5.02 Å². The zero-order chi connectivity index (χ0) is 16.5. The SMILES string of the molecule is Cc1ccc(C2CC(c3ccco3)=Nc3ccccc3S2)c(Cl)c1. The highest BCUT2D eigenvalue weighted by molar-refractivity contribution is 7.99. The molecular formula is C20H16ClNOS. The summed E-state index contributed by atoms with van der Waals surface area (Å²) in [5, 5.41) is 1.01. The monoisotopic (exact) mass is 353 g/mol. The Hall–Kier alpha value is -1.97. The predicted octanol–water partition coefficient (Wildman–Crippen LogP) is 6.60. The summed E-state index contributed by atoms with van der Waals surface area (Å²) >= 11 is 8.35. The number of nitrogens with zero attached hydrogens (tertiary/aromatic N) is 1. The number of hydrogen-bond acceptors (Lipinski definition) is 3. The lowest BCUT2D eigenvalue weighted by Crippen LogP contribution is -2.05. The molecule has 1 aromatic heterocycles. The van der Waals surface area contributed by atoms with E-state index in [1.165, 1.54) is 10.5 Å². The molecule has 2 aromatic carbocycles. The van der Waals surface area contributed by atoms with Crippen LogP contribution in [0.1, 0.15) is 28.6 Å². The van der Waals surface area contributed by atoms with Gasteiger partial charge >= 0.3 is 0 Å². The molecule has 1 atom stereocenters. The highest BCUT2D eigenvalue weighted by Gasteiger charge is 2.25. The van der Waals surface area contributed by atoms with Gasteiger partial charge in [0.25, 0.3) is 0 Å². The first kappa shape index (κ1) is 15.6. The summed E-state index contributed by atoms with van der Waals surface area (Å²) in [4.78, 5) is 6.03. The van der Waals surface area contributed by atoms with Crippen LogP contribution in [0.15, 0.2) is 75.2 Å². The second kappa shape index (κ2) is 6.50. The Morgan fingerprint density at radius 1 is 1.12 bits per heavy atom. The van der Waals surface area contributed by atoms with Gasteiger partial charge in [-0.1, -0.05) is 35.9 Å². The van der Waals surface area contributed by atoms with Gasteiger partial charge in [0.15, 0.2) is 0 Å². The Balaban J connectivity index is 1.81. The quantitative estimate of drug-likeness (QED) is 0.518. The number of halogens is 1. The van der Waals surface area contributed by atoms with Crippen molar-refractivity contribution >= 4 is 34.8 Å². The van der Waals surface area contributed by atoms with Crippen molar-refractivity contribution in [1.82, 2.24) is 0 Å². The summed E-state index contributed by atoms with van der Waals surface area (Å²) in [7, 11) is 0. The Morgan fingerprint density at radius 3 is 2.79 bits per heavy atom. The van der Waals surface area contributed by atoms with Gasteiger partial charge in [-0.05, 0) is 48.4 Å². The van der Waals surface area contributed by atoms with Crippen LogP contribution in [0.4, 0.5) is 5.69 Å². The van der Waals surface area contributed by atoms with Crippen molar-refractivity contribution in [3.05, 3.63) is 82.8 Å². The van der Waals surface area contributed by atoms with Crippen molar-refractivity contribution in [3.8, 4) is 0 Å². The summed E-state index contributed by atoms with van der Waals surface area (Å²) < 4.78 is 5.60. The molecule has 0 amide bonds. The van der Waals surface area contributed by atoms with E-state index in [2.05, 4.69) is 25.1 Å². The zero-order valence-electron chi connectivity index (χ0n) is 13.2. The molecule has 0 radical (unpaired) electrons. The number of aryl methyl sites for hydroxylation is 1. The first-order valence-electron chi connectivity index (χ1n) is 7.84. The Kier molecular flexibility index (Phi) is 4.21. The van der Waals surface area contributed by atoms with Crippen LogP contribution in [0, 0.1) is 6.92 Å². The molecule has 120 valence electrons. The molecule has 0 bridgehead atoms. The normalized spacial score (nSPS) is 17.1. The van der Waals surface area contributed by atoms with Gasteiger partial charge in [0.1, 0.15) is 5.76 Å². The van der Waals surface area contributed by atoms with Gasteiger partial charge in [-0.15, -0.1) is 11.8 Å². The summed E-state index contributed by atoms with van der Waals surface area (Å²) in [6.45, 7) is 2.06. The molecule has 0 spiro atoms. The van der Waals surface area contributed by atoms with E-state index in [9.17, 15) is 0 Å². The van der Waals surface area contributed by atoms with Crippen molar-refractivity contribution < 1.29 is 4.42 Å². The number of fused-ring (bicyclic) bond motifs is 1. The fourth-order valence-corrected chi connectivity index (χ4v) is 4.58. The Morgan fingerprint density at radius 2 is 2.00 bits per heavy atom. The molecule has 1 unspecified atom stereocenters. The second-order valence-electron chi connectivity index (χ2n) is 5.84. The van der Waals surface area contributed by atoms with Crippen molar-refractivity contribution in [2.24, 2.45) is 4.99 Å². The molecule has 2 nitrogen and oxygen atoms in total. The molecule has 2 heterocycles. The summed E-state index contributed by atoms with van der Waals surface area (Å²) in [5.74, 6) is 0.820. The fraction of sp³-hybridized carbons (Fsp3) is 0.150. The number of aliphatic imine (C=N–C) groups is 1. The van der Waals surface area contributed by atoms with Crippen LogP contribution in [0.3, 0.4) is 0 Å². The molecule has 3 aromatic rings. The fourth-order valence-electron chi connectivity index (χ4n) is 2.88. The standard InChI is InChI=1S/C20H16ClNOS/c1-13-8-9-14(15(21)11-13)20-12-17(18-6-4-10-23-18)22-16-5-2-3-7-19(16)24-20/h2-11,20H,12H2,1H3. The third-order valence-electron chi connectivity index (χ3n) is 4.08. The maximum atomic E-state index is 6.54. The van der Waals surface area contributed by atoms with Crippen molar-refractivity contribution in [3.63, 3.8) is 0 Å². The van der Waals surface area contributed by atoms with Crippen molar-refractivity contribution in [2.45, 2.75) is 23.5 Å². The summed E-state index contributed by atoms with van der Waals surface area (Å²) in [6, 6.07) is 18.4. The lowest BCUT2D eigenvalue weighted by Gasteiger charge is -2.17. The maximum Gasteiger partial charge on any atom is 0.148 e. The molecule has 4 rings (SSSR count). The third-order valence-corrected chi connectivity index (χ3v) is 5.71. The van der Waals surface area contributed by atoms with E-state index in [1.54, 1.807) is 6.26 Å². The number of hydrogen-bond donors (Lipinski definition) is 0. The third kappa shape index (κ3) is 3.02. The van der Waals surface area contributed by atoms with Crippen LogP contribution >= 0.6 is 23.4 Å². The van der Waals surface area contributed by atoms with Gasteiger partial charge < -0.3 is 4.42 Å². The highest BCUT2D eigenvalue weighted by Crippen LogP contribution is 2.47. The predicted molar refractivity (Wildman–Crippen MR) is 101 cm³/mol. The minimum atomic E-state index is 0.200. The van der Waals surface area contributed by atoms with Gasteiger partial charge in [0.05, 0.1) is 17.7 Å². The van der Waals surface area contributed by atoms with E-state index < -0.39 is 0 Å². The smallest absolute Gasteiger partial charge is 0.148 e. The molecule has 0 fully saturated rings. The molecule has 1 aliphatic rings. The topological polar surface area (TPSA) is 25.5 Å². The van der Waals surface area contributed by atoms with Gasteiger partial charge in [-0.3, -0.25) is 0 Å². The van der Waals surface area contributed by atoms with Crippen LogP contribution in [0.25, 0.3) is 0 Å². The van der Waals surface area contributed by atoms with Crippen molar-refractivity contribution in [2.75, 3.05) is 0 Å². The van der Waals surface area contributed by atoms with Gasteiger partial charge in [0.2, 0.25) is 0 Å². The largest absolute Gasteiger partial charge is 0.463 e. The van der Waals surface area contributed by atoms with E-state index in [-0.39, 0.29) is 5.25 Å². The number of para-hydroxylation sites is 1. The van der Waals surface area contributed by atoms with E-state index in [0.29, 0.717) is 0 Å². The Labute approximate surface area is 150 Å². The number of rotatable bonds is 2. The van der Waals surface area contributed by atoms with Gasteiger partial charge in [-0.2, -0.15) is 0 Å². The number of thioether (sulfide) groups is 1. The maximum absolute atomic E-state index is 6.54. The lowest BCUT2D eigenvalue weighted by atomic mass is 10.0. The first-order valence-corrected chi connectivity index (χ1v) is 9.09. The molecular weight excluding hydrogens is 338 g/mol. The van der Waals surface area contributed by atoms with E-state index in [1.807, 2.05) is 48.2 Å². The van der Waals surface area contributed by atoms with Crippen LogP contribution in [-0.4, -0.2) is 5.71 Å². The molecule has 0 saturated carbocycles. The van der Waals surface area contributed by atoms with Crippen LogP contribution in [0.5, 0.6) is 0 Å². The average molecular weight is 354 g/mol. The highest BCUT2D eigenvalue weighted by atomic mass is 35.5. The van der Waals surface area contributed by atoms with E-state index in [4.69, 9.17) is 21.0 Å². The molecule has 0 saturated heterocycles. The Bertz CT molecular complexity index is 902. The van der Waals surface area contributed by atoms with E-state index >= 15 is 0 Å². The number of furan rings is 1. The zero-order valence-corrected chi connectivity index (χ0v) is 14.8. The van der Waals surface area contributed by atoms with Crippen LogP contribution in [-0.2, 0) is 0 Å². The van der Waals surface area contributed by atoms with Gasteiger partial charge in [-0.25, -0.2) is 4.99 Å². The van der Waals surface area contributed by atoms with E-state index in [0.717, 1.165) is 34.2 Å². The number of benzene rings is 2. The molecule has 0 N–H and O–H groups in total. The minimum absolute atomic E-state index is 0.200. The second-order valence-corrected chi connectivity index (χ2v) is 7.49. The van der Waals surface area contributed by atoms with Gasteiger partial charge in [0, 0.05) is 21.6 Å². The van der Waals surface area contributed by atoms with Crippen molar-refractivity contribution in [1.29, 1.82) is 0 Å². The lowest BCUT2D eigenvalue weighted by molar-refractivity contribution is 0.555. The summed E-state index contributed by atoms with van der Waals surface area (Å²) in [6.07, 6.45) is 2.46. The van der Waals surface area contributed by atoms with Crippen LogP contribution < -0.4 is 0 Å². The molecule has 0 aliphatic carbocycles. The minimum Gasteiger partial charge on any atom is -0.463 e. The average Bonchev–Trinajstić information content (AvgIpc) is 3.03.